The van der Waals surface area contributed by atoms with Crippen molar-refractivity contribution in [2.45, 2.75) is 78.4 Å². The van der Waals surface area contributed by atoms with Crippen molar-refractivity contribution in [1.29, 1.82) is 0 Å². The molecule has 0 amide bonds. The molecule has 390 valence electrons. The largest absolute Gasteiger partial charge is 0.573 e. The van der Waals surface area contributed by atoms with Gasteiger partial charge < -0.3 is 28.4 Å². The molecule has 0 N–H and O–H groups in total. The van der Waals surface area contributed by atoms with E-state index in [9.17, 15) is 65.9 Å². The van der Waals surface area contributed by atoms with Crippen LogP contribution in [0.3, 0.4) is 0 Å². The maximum atomic E-state index is 14.2. The summed E-state index contributed by atoms with van der Waals surface area (Å²) in [6, 6.07) is 21.3. The number of halogens is 15. The monoisotopic (exact) mass is 1040 g/mol. The van der Waals surface area contributed by atoms with Gasteiger partial charge in [-0.25, -0.2) is 13.2 Å². The molecule has 6 rings (SSSR count). The van der Waals surface area contributed by atoms with Gasteiger partial charge >= 0.3 is 19.1 Å². The van der Waals surface area contributed by atoms with Crippen molar-refractivity contribution in [3.8, 4) is 67.9 Å². The highest BCUT2D eigenvalue weighted by atomic mass is 19.4. The predicted molar refractivity (Wildman–Crippen MR) is 237 cm³/mol. The Morgan fingerprint density at radius 1 is 0.306 bits per heavy atom. The molecule has 0 bridgehead atoms. The molecule has 0 atom stereocenters. The van der Waals surface area contributed by atoms with Crippen LogP contribution in [-0.2, 0) is 0 Å². The van der Waals surface area contributed by atoms with Gasteiger partial charge in [-0.2, -0.15) is 13.2 Å². The first kappa shape index (κ1) is 57.6. The number of alkyl halides is 9. The smallest absolute Gasteiger partial charge is 0.490 e. The van der Waals surface area contributed by atoms with Gasteiger partial charge in [-0.05, 0) is 109 Å². The number of unbranched alkanes of at least 4 members (excludes halogenated alkanes) is 3. The number of ether oxygens (including phenoxy) is 6. The van der Waals surface area contributed by atoms with Crippen LogP contribution in [0.2, 0.25) is 0 Å². The first-order valence-corrected chi connectivity index (χ1v) is 21.9. The van der Waals surface area contributed by atoms with Crippen LogP contribution in [0.25, 0.3) is 33.4 Å². The fourth-order valence-corrected chi connectivity index (χ4v) is 6.18. The molecule has 0 heterocycles. The molecule has 6 nitrogen and oxygen atoms in total. The zero-order valence-electron chi connectivity index (χ0n) is 38.4. The Morgan fingerprint density at radius 3 is 0.847 bits per heavy atom. The second-order valence-corrected chi connectivity index (χ2v) is 15.0. The van der Waals surface area contributed by atoms with Crippen molar-refractivity contribution in [3.05, 3.63) is 144 Å². The molecule has 0 aliphatic rings. The third-order valence-electron chi connectivity index (χ3n) is 9.56. The van der Waals surface area contributed by atoms with Crippen LogP contribution >= 0.6 is 0 Å². The molecule has 0 aliphatic heterocycles. The van der Waals surface area contributed by atoms with Gasteiger partial charge in [0.05, 0.1) is 19.8 Å². The lowest BCUT2D eigenvalue weighted by Gasteiger charge is -2.12. The van der Waals surface area contributed by atoms with Gasteiger partial charge in [0.2, 0.25) is 17.5 Å². The molecule has 21 heteroatoms. The van der Waals surface area contributed by atoms with Crippen molar-refractivity contribution in [1.82, 2.24) is 0 Å². The fourth-order valence-electron chi connectivity index (χ4n) is 6.18. The average Bonchev–Trinajstić information content (AvgIpc) is 3.31. The maximum absolute atomic E-state index is 14.2. The molecule has 0 aliphatic carbocycles. The fraction of sp³-hybridized carbons (Fsp3) is 0.294. The van der Waals surface area contributed by atoms with E-state index in [1.165, 1.54) is 72.8 Å². The van der Waals surface area contributed by atoms with E-state index in [1.54, 1.807) is 0 Å². The maximum Gasteiger partial charge on any atom is 0.573 e. The molecular formula is C51H45F15O6. The van der Waals surface area contributed by atoms with Gasteiger partial charge in [0.1, 0.15) is 17.2 Å². The Kier molecular flexibility index (Phi) is 21.2. The van der Waals surface area contributed by atoms with Gasteiger partial charge in [-0.15, -0.1) is 39.5 Å². The van der Waals surface area contributed by atoms with E-state index in [0.717, 1.165) is 62.1 Å². The second-order valence-electron chi connectivity index (χ2n) is 15.0. The molecule has 6 aromatic carbocycles. The van der Waals surface area contributed by atoms with Crippen LogP contribution in [0.4, 0.5) is 65.9 Å². The lowest BCUT2D eigenvalue weighted by Crippen LogP contribution is -2.16. The van der Waals surface area contributed by atoms with Crippen LogP contribution in [0, 0.1) is 34.9 Å². The summed E-state index contributed by atoms with van der Waals surface area (Å²) in [5.41, 5.74) is 0.443. The summed E-state index contributed by atoms with van der Waals surface area (Å²) in [7, 11) is 0. The summed E-state index contributed by atoms with van der Waals surface area (Å²) in [6.45, 7) is 6.59. The third kappa shape index (κ3) is 18.0. The summed E-state index contributed by atoms with van der Waals surface area (Å²) in [5, 5.41) is 0. The van der Waals surface area contributed by atoms with Gasteiger partial charge in [0.15, 0.2) is 34.7 Å². The van der Waals surface area contributed by atoms with Gasteiger partial charge in [0.25, 0.3) is 0 Å². The molecule has 6 aromatic rings. The summed E-state index contributed by atoms with van der Waals surface area (Å²) >= 11 is 0. The molecule has 0 fully saturated rings. The first-order valence-electron chi connectivity index (χ1n) is 21.9. The van der Waals surface area contributed by atoms with Gasteiger partial charge in [-0.3, -0.25) is 0 Å². The Labute approximate surface area is 403 Å². The highest BCUT2D eigenvalue weighted by Gasteiger charge is 2.33. The van der Waals surface area contributed by atoms with Gasteiger partial charge in [0, 0.05) is 16.7 Å². The van der Waals surface area contributed by atoms with Gasteiger partial charge in [-0.1, -0.05) is 76.4 Å². The standard InChI is InChI=1S/C18H17F5O2.C17H15F5O2.C16H13F5O2/c1-2-3-4-11-24-15-10-9-14(16(19)17(15)20)12-5-7-13(8-6-12)25-18(21,22)23;1-2-3-10-23-14-9-8-13(15(18)16(14)19)11-4-6-12(7-5-11)24-17(20,21)22;1-2-9-22-13-8-7-12(14(17)15(13)18)10-3-5-11(6-4-10)23-16(19,20)21/h5-10H,2-4,11H2,1H3;4-9H,2-3,10H2,1H3;3-8H,2,9H2,1H3. The minimum atomic E-state index is -4.81. The van der Waals surface area contributed by atoms with E-state index in [0.29, 0.717) is 12.8 Å². The Hall–Kier alpha value is -6.93. The molecular weight excluding hydrogens is 994 g/mol. The van der Waals surface area contributed by atoms with Crippen LogP contribution < -0.4 is 28.4 Å². The zero-order valence-corrected chi connectivity index (χ0v) is 38.4. The van der Waals surface area contributed by atoms with E-state index in [4.69, 9.17) is 14.2 Å². The van der Waals surface area contributed by atoms with E-state index < -0.39 is 71.2 Å². The van der Waals surface area contributed by atoms with Crippen molar-refractivity contribution in [3.63, 3.8) is 0 Å². The normalized spacial score (nSPS) is 11.4. The SMILES string of the molecule is CCCCCOc1ccc(-c2ccc(OC(F)(F)F)cc2)c(F)c1F.CCCCOc1ccc(-c2ccc(OC(F)(F)F)cc2)c(F)c1F.CCCOc1ccc(-c2ccc(OC(F)(F)F)cc2)c(F)c1F. The number of benzene rings is 6. The molecule has 0 unspecified atom stereocenters. The first-order chi connectivity index (χ1) is 33.9. The quantitative estimate of drug-likeness (QED) is 0.0632. The molecule has 0 aromatic heterocycles. The minimum Gasteiger partial charge on any atom is -0.490 e. The minimum absolute atomic E-state index is 0.0723. The van der Waals surface area contributed by atoms with E-state index in [2.05, 4.69) is 14.2 Å². The third-order valence-corrected chi connectivity index (χ3v) is 9.56. The average molecular weight is 1040 g/mol. The lowest BCUT2D eigenvalue weighted by molar-refractivity contribution is -0.275. The second kappa shape index (κ2) is 26.5. The highest BCUT2D eigenvalue weighted by Crippen LogP contribution is 2.35. The highest BCUT2D eigenvalue weighted by molar-refractivity contribution is 5.68. The molecule has 0 radical (unpaired) electrons. The number of hydrogen-bond acceptors (Lipinski definition) is 6. The molecule has 0 spiro atoms. The summed E-state index contributed by atoms with van der Waals surface area (Å²) in [5.74, 6) is -8.63. The topological polar surface area (TPSA) is 55.4 Å². The van der Waals surface area contributed by atoms with E-state index >= 15 is 0 Å². The van der Waals surface area contributed by atoms with Crippen LogP contribution in [0.5, 0.6) is 34.5 Å². The Balaban J connectivity index is 0.000000235. The van der Waals surface area contributed by atoms with Crippen molar-refractivity contribution in [2.75, 3.05) is 19.8 Å². The van der Waals surface area contributed by atoms with Crippen LogP contribution in [-0.4, -0.2) is 38.9 Å². The molecule has 0 saturated heterocycles. The van der Waals surface area contributed by atoms with Crippen LogP contribution in [0.15, 0.2) is 109 Å². The van der Waals surface area contributed by atoms with Crippen molar-refractivity contribution in [2.24, 2.45) is 0 Å². The van der Waals surface area contributed by atoms with Crippen molar-refractivity contribution < 1.29 is 94.3 Å². The lowest BCUT2D eigenvalue weighted by atomic mass is 10.0. The van der Waals surface area contributed by atoms with Crippen molar-refractivity contribution >= 4 is 0 Å². The van der Waals surface area contributed by atoms with Crippen LogP contribution in [0.1, 0.15) is 59.3 Å². The number of hydrogen-bond donors (Lipinski definition) is 0. The summed E-state index contributed by atoms with van der Waals surface area (Å²) in [4.78, 5) is 0. The molecule has 72 heavy (non-hydrogen) atoms. The van der Waals surface area contributed by atoms with E-state index in [1.807, 2.05) is 20.8 Å². The summed E-state index contributed by atoms with van der Waals surface area (Å²) in [6.07, 6.45) is -9.58. The Morgan fingerprint density at radius 2 is 0.583 bits per heavy atom. The zero-order chi connectivity index (χ0) is 53.2. The van der Waals surface area contributed by atoms with E-state index in [-0.39, 0.29) is 70.4 Å². The molecule has 0 saturated carbocycles. The number of rotatable bonds is 18. The predicted octanol–water partition coefficient (Wildman–Crippen LogP) is 17.1. The Bertz CT molecular complexity index is 2620. The summed E-state index contributed by atoms with van der Waals surface area (Å²) < 4.78 is 220.